The molecule has 14 heavy (non-hydrogen) atoms. The van der Waals surface area contributed by atoms with Gasteiger partial charge in [0, 0.05) is 6.42 Å². The molecule has 0 amide bonds. The van der Waals surface area contributed by atoms with Gasteiger partial charge < -0.3 is 4.74 Å². The Labute approximate surface area is 83.9 Å². The van der Waals surface area contributed by atoms with Gasteiger partial charge in [0.1, 0.15) is 5.75 Å². The van der Waals surface area contributed by atoms with Crippen molar-refractivity contribution in [2.45, 2.75) is 26.7 Å². The maximum absolute atomic E-state index is 11.8. The maximum atomic E-state index is 11.8. The molecular weight excluding hydrogens is 176 g/mol. The summed E-state index contributed by atoms with van der Waals surface area (Å²) in [6.45, 7) is 4.60. The molecule has 1 aromatic carbocycles. The van der Waals surface area contributed by atoms with Gasteiger partial charge in [0.25, 0.3) is 0 Å². The van der Waals surface area contributed by atoms with Gasteiger partial charge in [-0.05, 0) is 31.4 Å². The molecule has 74 valence electrons. The minimum atomic E-state index is 0.221. The molecule has 2 nitrogen and oxygen atoms in total. The number of carbonyl (C=O) groups is 1. The highest BCUT2D eigenvalue weighted by Gasteiger charge is 2.20. The third-order valence-electron chi connectivity index (χ3n) is 2.64. The van der Waals surface area contributed by atoms with Crippen LogP contribution < -0.4 is 4.74 Å². The highest BCUT2D eigenvalue weighted by molar-refractivity contribution is 6.00. The Kier molecular flexibility index (Phi) is 2.28. The number of ketones is 1. The molecule has 1 aliphatic rings. The molecule has 0 saturated heterocycles. The van der Waals surface area contributed by atoms with Crippen molar-refractivity contribution in [2.75, 3.05) is 6.61 Å². The second kappa shape index (κ2) is 3.45. The quantitative estimate of drug-likeness (QED) is 0.628. The van der Waals surface area contributed by atoms with Crippen molar-refractivity contribution in [3.05, 3.63) is 28.8 Å². The van der Waals surface area contributed by atoms with Crippen LogP contribution in [0.3, 0.4) is 0 Å². The second-order valence-corrected chi connectivity index (χ2v) is 3.78. The Bertz CT molecular complexity index is 380. The van der Waals surface area contributed by atoms with Gasteiger partial charge in [0.15, 0.2) is 5.78 Å². The van der Waals surface area contributed by atoms with Gasteiger partial charge in [-0.3, -0.25) is 4.79 Å². The van der Waals surface area contributed by atoms with E-state index in [1.54, 1.807) is 0 Å². The zero-order valence-corrected chi connectivity index (χ0v) is 8.59. The monoisotopic (exact) mass is 190 g/mol. The van der Waals surface area contributed by atoms with Crippen molar-refractivity contribution < 1.29 is 9.53 Å². The lowest BCUT2D eigenvalue weighted by Crippen LogP contribution is -2.02. The van der Waals surface area contributed by atoms with Gasteiger partial charge in [0.2, 0.25) is 0 Å². The number of hydrogen-bond donors (Lipinski definition) is 0. The molecule has 0 aromatic heterocycles. The standard InChI is InChI=1S/C12H14O2/c1-8-5-6-9(2)12-11(8)10(13)4-3-7-14-12/h5-6H,3-4,7H2,1-2H3. The average Bonchev–Trinajstić information content (AvgIpc) is 2.35. The number of ether oxygens (including phenoxy) is 1. The summed E-state index contributed by atoms with van der Waals surface area (Å²) in [6, 6.07) is 3.99. The number of rotatable bonds is 0. The van der Waals surface area contributed by atoms with Gasteiger partial charge in [-0.2, -0.15) is 0 Å². The topological polar surface area (TPSA) is 26.3 Å². The van der Waals surface area contributed by atoms with Crippen LogP contribution in [0.4, 0.5) is 0 Å². The predicted octanol–water partition coefficient (Wildman–Crippen LogP) is 2.66. The third-order valence-corrected chi connectivity index (χ3v) is 2.64. The lowest BCUT2D eigenvalue weighted by Gasteiger charge is -2.11. The highest BCUT2D eigenvalue weighted by Crippen LogP contribution is 2.30. The van der Waals surface area contributed by atoms with Crippen LogP contribution in [0.5, 0.6) is 5.75 Å². The maximum Gasteiger partial charge on any atom is 0.167 e. The Morgan fingerprint density at radius 2 is 1.93 bits per heavy atom. The van der Waals surface area contributed by atoms with Gasteiger partial charge in [-0.25, -0.2) is 0 Å². The minimum Gasteiger partial charge on any atom is -0.493 e. The molecule has 0 unspecified atom stereocenters. The smallest absolute Gasteiger partial charge is 0.167 e. The number of aryl methyl sites for hydroxylation is 2. The first-order valence-electron chi connectivity index (χ1n) is 4.96. The van der Waals surface area contributed by atoms with E-state index in [0.717, 1.165) is 28.9 Å². The Morgan fingerprint density at radius 3 is 2.71 bits per heavy atom. The fraction of sp³-hybridized carbons (Fsp3) is 0.417. The van der Waals surface area contributed by atoms with Crippen molar-refractivity contribution in [1.82, 2.24) is 0 Å². The largest absolute Gasteiger partial charge is 0.493 e. The molecule has 0 radical (unpaired) electrons. The zero-order chi connectivity index (χ0) is 10.1. The first kappa shape index (κ1) is 9.25. The number of carbonyl (C=O) groups excluding carboxylic acids is 1. The predicted molar refractivity (Wildman–Crippen MR) is 55.0 cm³/mol. The molecule has 1 heterocycles. The van der Waals surface area contributed by atoms with E-state index < -0.39 is 0 Å². The molecule has 0 fully saturated rings. The molecule has 0 saturated carbocycles. The lowest BCUT2D eigenvalue weighted by molar-refractivity contribution is 0.0982. The van der Waals surface area contributed by atoms with Crippen LogP contribution in [-0.4, -0.2) is 12.4 Å². The van der Waals surface area contributed by atoms with Gasteiger partial charge in [-0.1, -0.05) is 12.1 Å². The summed E-state index contributed by atoms with van der Waals surface area (Å²) in [7, 11) is 0. The summed E-state index contributed by atoms with van der Waals surface area (Å²) in [6.07, 6.45) is 1.43. The molecule has 0 atom stereocenters. The molecule has 1 aromatic rings. The molecule has 2 heteroatoms. The first-order valence-corrected chi connectivity index (χ1v) is 4.96. The molecule has 1 aliphatic heterocycles. The van der Waals surface area contributed by atoms with Crippen molar-refractivity contribution in [1.29, 1.82) is 0 Å². The van der Waals surface area contributed by atoms with Crippen LogP contribution in [-0.2, 0) is 0 Å². The van der Waals surface area contributed by atoms with E-state index in [0.29, 0.717) is 13.0 Å². The fourth-order valence-electron chi connectivity index (χ4n) is 1.85. The van der Waals surface area contributed by atoms with E-state index in [4.69, 9.17) is 4.74 Å². The number of hydrogen-bond acceptors (Lipinski definition) is 2. The van der Waals surface area contributed by atoms with E-state index in [-0.39, 0.29) is 5.78 Å². The summed E-state index contributed by atoms with van der Waals surface area (Å²) >= 11 is 0. The minimum absolute atomic E-state index is 0.221. The van der Waals surface area contributed by atoms with Crippen LogP contribution in [0.2, 0.25) is 0 Å². The molecular formula is C12H14O2. The van der Waals surface area contributed by atoms with Crippen LogP contribution in [0.25, 0.3) is 0 Å². The van der Waals surface area contributed by atoms with Crippen molar-refractivity contribution in [3.8, 4) is 5.75 Å². The molecule has 0 N–H and O–H groups in total. The number of Topliss-reactive ketones (excluding diaryl/α,β-unsaturated/α-hetero) is 1. The molecule has 0 aliphatic carbocycles. The lowest BCUT2D eigenvalue weighted by atomic mass is 9.99. The Balaban J connectivity index is 2.62. The SMILES string of the molecule is Cc1ccc(C)c2c1OCCCC2=O. The number of benzene rings is 1. The molecule has 0 bridgehead atoms. The van der Waals surface area contributed by atoms with Crippen LogP contribution in [0, 0.1) is 13.8 Å². The second-order valence-electron chi connectivity index (χ2n) is 3.78. The van der Waals surface area contributed by atoms with E-state index in [2.05, 4.69) is 0 Å². The van der Waals surface area contributed by atoms with E-state index >= 15 is 0 Å². The van der Waals surface area contributed by atoms with E-state index in [9.17, 15) is 4.79 Å². The van der Waals surface area contributed by atoms with Gasteiger partial charge in [0.05, 0.1) is 12.2 Å². The van der Waals surface area contributed by atoms with E-state index in [1.807, 2.05) is 26.0 Å². The van der Waals surface area contributed by atoms with E-state index in [1.165, 1.54) is 0 Å². The summed E-state index contributed by atoms with van der Waals surface area (Å²) < 4.78 is 5.61. The highest BCUT2D eigenvalue weighted by atomic mass is 16.5. The first-order chi connectivity index (χ1) is 6.70. The summed E-state index contributed by atoms with van der Waals surface area (Å²) in [5.41, 5.74) is 2.88. The number of fused-ring (bicyclic) bond motifs is 1. The normalized spacial score (nSPS) is 15.7. The summed E-state index contributed by atoms with van der Waals surface area (Å²) in [4.78, 5) is 11.8. The summed E-state index contributed by atoms with van der Waals surface area (Å²) in [5, 5.41) is 0. The Hall–Kier alpha value is -1.31. The van der Waals surface area contributed by atoms with Crippen molar-refractivity contribution >= 4 is 5.78 Å². The molecule has 0 spiro atoms. The van der Waals surface area contributed by atoms with Crippen LogP contribution >= 0.6 is 0 Å². The van der Waals surface area contributed by atoms with Gasteiger partial charge >= 0.3 is 0 Å². The van der Waals surface area contributed by atoms with Crippen LogP contribution in [0.15, 0.2) is 12.1 Å². The Morgan fingerprint density at radius 1 is 1.21 bits per heavy atom. The molecule has 2 rings (SSSR count). The van der Waals surface area contributed by atoms with Gasteiger partial charge in [-0.15, -0.1) is 0 Å². The van der Waals surface area contributed by atoms with Crippen molar-refractivity contribution in [3.63, 3.8) is 0 Å². The van der Waals surface area contributed by atoms with Crippen LogP contribution in [0.1, 0.15) is 34.3 Å². The van der Waals surface area contributed by atoms with Crippen molar-refractivity contribution in [2.24, 2.45) is 0 Å². The fourth-order valence-corrected chi connectivity index (χ4v) is 1.85. The summed E-state index contributed by atoms with van der Waals surface area (Å²) in [5.74, 6) is 1.02. The zero-order valence-electron chi connectivity index (χ0n) is 8.59. The average molecular weight is 190 g/mol. The third kappa shape index (κ3) is 1.41.